The molecule has 1 fully saturated rings. The maximum Gasteiger partial charge on any atom is 0.315 e. The summed E-state index contributed by atoms with van der Waals surface area (Å²) in [5.74, 6) is -2.22. The van der Waals surface area contributed by atoms with Gasteiger partial charge < -0.3 is 30.9 Å². The Labute approximate surface area is 197 Å². The van der Waals surface area contributed by atoms with E-state index in [4.69, 9.17) is 16.3 Å². The van der Waals surface area contributed by atoms with Gasteiger partial charge >= 0.3 is 6.03 Å². The summed E-state index contributed by atoms with van der Waals surface area (Å²) >= 11 is 6.89. The van der Waals surface area contributed by atoms with Crippen molar-refractivity contribution in [1.82, 2.24) is 16.0 Å². The third kappa shape index (κ3) is 6.40. The van der Waals surface area contributed by atoms with Gasteiger partial charge in [-0.15, -0.1) is 11.3 Å². The summed E-state index contributed by atoms with van der Waals surface area (Å²) in [4.78, 5) is 50.3. The summed E-state index contributed by atoms with van der Waals surface area (Å²) in [6, 6.07) is 5.17. The van der Waals surface area contributed by atoms with Crippen molar-refractivity contribution >= 4 is 58.1 Å². The summed E-state index contributed by atoms with van der Waals surface area (Å²) in [6.45, 7) is 0.152. The van der Waals surface area contributed by atoms with Crippen LogP contribution >= 0.6 is 22.9 Å². The number of nitrogens with one attached hydrogen (secondary N) is 4. The van der Waals surface area contributed by atoms with Crippen LogP contribution in [0.15, 0.2) is 30.3 Å². The molecule has 1 saturated heterocycles. The Morgan fingerprint density at radius 1 is 1.27 bits per heavy atom. The number of carbonyl (C=O) groups is 4. The van der Waals surface area contributed by atoms with Gasteiger partial charge in [0.25, 0.3) is 11.8 Å². The van der Waals surface area contributed by atoms with E-state index in [0.29, 0.717) is 15.8 Å². The molecule has 5 amide bonds. The maximum absolute atomic E-state index is 14.6. The molecule has 0 saturated carbocycles. The molecule has 1 aromatic carbocycles. The van der Waals surface area contributed by atoms with E-state index >= 15 is 0 Å². The van der Waals surface area contributed by atoms with Gasteiger partial charge in [-0.05, 0) is 30.3 Å². The van der Waals surface area contributed by atoms with Gasteiger partial charge in [0.1, 0.15) is 18.5 Å². The smallest absolute Gasteiger partial charge is 0.315 e. The fraction of sp³-hybridized carbons (Fsp3) is 0.300. The largest absolute Gasteiger partial charge is 0.370 e. The van der Waals surface area contributed by atoms with Gasteiger partial charge in [-0.2, -0.15) is 0 Å². The maximum atomic E-state index is 14.6. The number of hydrogen-bond donors (Lipinski definition) is 4. The molecular formula is C20H21ClFN5O5S. The predicted octanol–water partition coefficient (Wildman–Crippen LogP) is 1.57. The number of anilines is 2. The SMILES string of the molecule is CNC(=O)N[C@@H](CNC(=O)c1ccc(Cl)s1)C(=O)Nc1ccc(N2CCOCC2=O)c(F)c1. The lowest BCUT2D eigenvalue weighted by Crippen LogP contribution is -2.52. The van der Waals surface area contributed by atoms with E-state index in [1.807, 2.05) is 0 Å². The van der Waals surface area contributed by atoms with Gasteiger partial charge in [-0.1, -0.05) is 11.6 Å². The first-order valence-corrected chi connectivity index (χ1v) is 11.0. The Balaban J connectivity index is 1.67. The number of rotatable bonds is 7. The van der Waals surface area contributed by atoms with Crippen molar-refractivity contribution in [3.63, 3.8) is 0 Å². The van der Waals surface area contributed by atoms with Crippen LogP contribution in [0.5, 0.6) is 0 Å². The Morgan fingerprint density at radius 2 is 2.06 bits per heavy atom. The van der Waals surface area contributed by atoms with Crippen LogP contribution in [0, 0.1) is 5.82 Å². The van der Waals surface area contributed by atoms with Crippen molar-refractivity contribution in [2.75, 3.05) is 43.6 Å². The minimum Gasteiger partial charge on any atom is -0.370 e. The molecule has 33 heavy (non-hydrogen) atoms. The number of hydrogen-bond acceptors (Lipinski definition) is 6. The van der Waals surface area contributed by atoms with Crippen LogP contribution in [0.2, 0.25) is 4.34 Å². The number of benzene rings is 1. The second-order valence-electron chi connectivity index (χ2n) is 6.84. The molecule has 0 radical (unpaired) electrons. The van der Waals surface area contributed by atoms with Crippen molar-refractivity contribution < 1.29 is 28.3 Å². The zero-order valence-corrected chi connectivity index (χ0v) is 19.0. The highest BCUT2D eigenvalue weighted by molar-refractivity contribution is 7.18. The Kier molecular flexibility index (Phi) is 8.20. The standard InChI is InChI=1S/C20H21ClFN5O5S/c1-23-20(31)26-13(9-24-19(30)15-4-5-16(21)33-15)18(29)25-11-2-3-14(12(22)8-11)27-6-7-32-10-17(27)28/h2-5,8,13H,6-7,9-10H2,1H3,(H,24,30)(H,25,29)(H2,23,26,31)/t13-/m0/s1. The van der Waals surface area contributed by atoms with Crippen molar-refractivity contribution in [3.05, 3.63) is 45.4 Å². The summed E-state index contributed by atoms with van der Waals surface area (Å²) < 4.78 is 20.1. The zero-order chi connectivity index (χ0) is 24.0. The highest BCUT2D eigenvalue weighted by Crippen LogP contribution is 2.24. The van der Waals surface area contributed by atoms with E-state index in [1.54, 1.807) is 6.07 Å². The third-order valence-electron chi connectivity index (χ3n) is 4.60. The molecule has 1 aliphatic rings. The van der Waals surface area contributed by atoms with E-state index in [0.717, 1.165) is 17.4 Å². The first-order chi connectivity index (χ1) is 15.8. The molecule has 3 rings (SSSR count). The average molecular weight is 498 g/mol. The van der Waals surface area contributed by atoms with Gasteiger partial charge in [-0.3, -0.25) is 14.4 Å². The summed E-state index contributed by atoms with van der Waals surface area (Å²) in [7, 11) is 1.37. The van der Waals surface area contributed by atoms with Crippen LogP contribution in [0.25, 0.3) is 0 Å². The van der Waals surface area contributed by atoms with Crippen LogP contribution in [0.4, 0.5) is 20.6 Å². The number of amides is 5. The predicted molar refractivity (Wildman–Crippen MR) is 121 cm³/mol. The molecular weight excluding hydrogens is 477 g/mol. The van der Waals surface area contributed by atoms with E-state index in [1.165, 1.54) is 30.1 Å². The van der Waals surface area contributed by atoms with E-state index in [9.17, 15) is 23.6 Å². The lowest BCUT2D eigenvalue weighted by atomic mass is 10.2. The highest BCUT2D eigenvalue weighted by Gasteiger charge is 2.25. The fourth-order valence-corrected chi connectivity index (χ4v) is 3.92. The van der Waals surface area contributed by atoms with Crippen molar-refractivity contribution in [3.8, 4) is 0 Å². The van der Waals surface area contributed by atoms with E-state index in [2.05, 4.69) is 21.3 Å². The fourth-order valence-electron chi connectivity index (χ4n) is 2.96. The molecule has 0 aliphatic carbocycles. The normalized spacial score (nSPS) is 14.4. The van der Waals surface area contributed by atoms with Crippen LogP contribution < -0.4 is 26.2 Å². The van der Waals surface area contributed by atoms with Gasteiger partial charge in [0.2, 0.25) is 5.91 Å². The topological polar surface area (TPSA) is 129 Å². The Bertz CT molecular complexity index is 1070. The zero-order valence-electron chi connectivity index (χ0n) is 17.4. The van der Waals surface area contributed by atoms with E-state index in [-0.39, 0.29) is 37.0 Å². The number of carbonyl (C=O) groups excluding carboxylic acids is 4. The quantitative estimate of drug-likeness (QED) is 0.461. The van der Waals surface area contributed by atoms with Crippen LogP contribution in [0.3, 0.4) is 0 Å². The van der Waals surface area contributed by atoms with Crippen molar-refractivity contribution in [2.45, 2.75) is 6.04 Å². The molecule has 13 heteroatoms. The van der Waals surface area contributed by atoms with Crippen LogP contribution in [-0.2, 0) is 14.3 Å². The number of urea groups is 1. The first-order valence-electron chi connectivity index (χ1n) is 9.78. The molecule has 1 aromatic heterocycles. The number of ether oxygens (including phenoxy) is 1. The number of thiophene rings is 1. The summed E-state index contributed by atoms with van der Waals surface area (Å²) in [6.07, 6.45) is 0. The second-order valence-corrected chi connectivity index (χ2v) is 8.56. The molecule has 2 heterocycles. The molecule has 1 atom stereocenters. The van der Waals surface area contributed by atoms with Crippen LogP contribution in [0.1, 0.15) is 9.67 Å². The summed E-state index contributed by atoms with van der Waals surface area (Å²) in [5.41, 5.74) is 0.185. The molecule has 1 aliphatic heterocycles. The van der Waals surface area contributed by atoms with E-state index < -0.39 is 29.7 Å². The lowest BCUT2D eigenvalue weighted by molar-refractivity contribution is -0.125. The van der Waals surface area contributed by atoms with Gasteiger partial charge in [-0.25, -0.2) is 9.18 Å². The minimum atomic E-state index is -1.16. The molecule has 176 valence electrons. The Hall–Kier alpha value is -3.22. The molecule has 0 unspecified atom stereocenters. The third-order valence-corrected chi connectivity index (χ3v) is 5.83. The van der Waals surface area contributed by atoms with Crippen molar-refractivity contribution in [2.24, 2.45) is 0 Å². The monoisotopic (exact) mass is 497 g/mol. The number of halogens is 2. The molecule has 4 N–H and O–H groups in total. The summed E-state index contributed by atoms with van der Waals surface area (Å²) in [5, 5.41) is 9.81. The van der Waals surface area contributed by atoms with Gasteiger partial charge in [0, 0.05) is 25.8 Å². The molecule has 0 spiro atoms. The highest BCUT2D eigenvalue weighted by atomic mass is 35.5. The lowest BCUT2D eigenvalue weighted by Gasteiger charge is -2.27. The molecule has 0 bridgehead atoms. The second kappa shape index (κ2) is 11.1. The first kappa shape index (κ1) is 24.4. The minimum absolute atomic E-state index is 0.0724. The average Bonchev–Trinajstić information content (AvgIpc) is 3.23. The molecule has 10 nitrogen and oxygen atoms in total. The molecule has 2 aromatic rings. The van der Waals surface area contributed by atoms with Crippen LogP contribution in [-0.4, -0.2) is 63.1 Å². The Morgan fingerprint density at radius 3 is 2.70 bits per heavy atom. The number of morpholine rings is 1. The van der Waals surface area contributed by atoms with Gasteiger partial charge in [0.15, 0.2) is 0 Å². The van der Waals surface area contributed by atoms with Gasteiger partial charge in [0.05, 0.1) is 21.5 Å². The number of nitrogens with zero attached hydrogens (tertiary/aromatic N) is 1. The van der Waals surface area contributed by atoms with Crippen molar-refractivity contribution in [1.29, 1.82) is 0 Å².